The number of hydrogen-bond donors (Lipinski definition) is 0. The summed E-state index contributed by atoms with van der Waals surface area (Å²) < 4.78 is 7.17. The first kappa shape index (κ1) is 13.4. The topological polar surface area (TPSA) is 71.2 Å². The van der Waals surface area contributed by atoms with E-state index < -0.39 is 5.60 Å². The predicted octanol–water partition coefficient (Wildman–Crippen LogP) is 2.07. The van der Waals surface area contributed by atoms with Crippen molar-refractivity contribution in [2.45, 2.75) is 45.9 Å². The first-order valence-corrected chi connectivity index (χ1v) is 6.26. The molecule has 2 heterocycles. The highest BCUT2D eigenvalue weighted by Crippen LogP contribution is 2.22. The summed E-state index contributed by atoms with van der Waals surface area (Å²) in [5, 5.41) is 13.1. The lowest BCUT2D eigenvalue weighted by Gasteiger charge is -2.33. The van der Waals surface area contributed by atoms with E-state index in [2.05, 4.69) is 5.10 Å². The van der Waals surface area contributed by atoms with E-state index in [4.69, 9.17) is 10.00 Å². The standard InChI is InChI=1S/C13H18N4O2/c1-9-7-16(12(18)19-13(2,3)4)8-11-5-10(6-14)15-17(9)11/h5,9H,7-8H2,1-4H3/t9-/m1/s1. The number of rotatable bonds is 0. The Morgan fingerprint density at radius 1 is 1.58 bits per heavy atom. The quantitative estimate of drug-likeness (QED) is 0.717. The minimum Gasteiger partial charge on any atom is -0.444 e. The molecule has 0 saturated carbocycles. The maximum absolute atomic E-state index is 12.1. The molecule has 0 aromatic carbocycles. The SMILES string of the molecule is C[C@@H]1CN(C(=O)OC(C)(C)C)Cc2cc(C#N)nn21. The lowest BCUT2D eigenvalue weighted by Crippen LogP contribution is -2.43. The molecule has 1 aromatic rings. The van der Waals surface area contributed by atoms with Crippen LogP contribution in [0, 0.1) is 11.3 Å². The molecule has 1 amide bonds. The molecule has 0 bridgehead atoms. The van der Waals surface area contributed by atoms with Crippen LogP contribution >= 0.6 is 0 Å². The van der Waals surface area contributed by atoms with Crippen LogP contribution in [0.15, 0.2) is 6.07 Å². The first-order valence-electron chi connectivity index (χ1n) is 6.26. The van der Waals surface area contributed by atoms with E-state index in [0.29, 0.717) is 18.8 Å². The molecule has 1 aromatic heterocycles. The second-order valence-corrected chi connectivity index (χ2v) is 5.79. The summed E-state index contributed by atoms with van der Waals surface area (Å²) in [6, 6.07) is 3.78. The monoisotopic (exact) mass is 262 g/mol. The zero-order valence-corrected chi connectivity index (χ0v) is 11.7. The second-order valence-electron chi connectivity index (χ2n) is 5.79. The average Bonchev–Trinajstić information content (AvgIpc) is 2.70. The van der Waals surface area contributed by atoms with Crippen molar-refractivity contribution >= 4 is 6.09 Å². The zero-order chi connectivity index (χ0) is 14.2. The van der Waals surface area contributed by atoms with Crippen LogP contribution in [-0.2, 0) is 11.3 Å². The molecule has 0 aliphatic carbocycles. The van der Waals surface area contributed by atoms with E-state index in [1.165, 1.54) is 0 Å². The van der Waals surface area contributed by atoms with E-state index in [1.54, 1.807) is 15.6 Å². The Hall–Kier alpha value is -2.03. The Bertz CT molecular complexity index is 536. The molecule has 6 heteroatoms. The largest absolute Gasteiger partial charge is 0.444 e. The number of fused-ring (bicyclic) bond motifs is 1. The van der Waals surface area contributed by atoms with Gasteiger partial charge in [-0.1, -0.05) is 0 Å². The molecular formula is C13H18N4O2. The highest BCUT2D eigenvalue weighted by Gasteiger charge is 2.30. The van der Waals surface area contributed by atoms with E-state index in [-0.39, 0.29) is 12.1 Å². The number of carbonyl (C=O) groups is 1. The molecule has 0 fully saturated rings. The normalized spacial score (nSPS) is 18.7. The smallest absolute Gasteiger partial charge is 0.410 e. The molecule has 1 atom stereocenters. The van der Waals surface area contributed by atoms with Gasteiger partial charge in [0.2, 0.25) is 0 Å². The van der Waals surface area contributed by atoms with Crippen molar-refractivity contribution in [3.63, 3.8) is 0 Å². The Morgan fingerprint density at radius 2 is 2.26 bits per heavy atom. The van der Waals surface area contributed by atoms with Crippen LogP contribution in [0.25, 0.3) is 0 Å². The fourth-order valence-electron chi connectivity index (χ4n) is 2.11. The number of nitriles is 1. The maximum atomic E-state index is 12.1. The number of nitrogens with zero attached hydrogens (tertiary/aromatic N) is 4. The van der Waals surface area contributed by atoms with Crippen molar-refractivity contribution in [3.05, 3.63) is 17.5 Å². The average molecular weight is 262 g/mol. The van der Waals surface area contributed by atoms with Crippen LogP contribution < -0.4 is 0 Å². The highest BCUT2D eigenvalue weighted by atomic mass is 16.6. The third-order valence-electron chi connectivity index (χ3n) is 2.83. The number of carbonyl (C=O) groups excluding carboxylic acids is 1. The van der Waals surface area contributed by atoms with Gasteiger partial charge in [0.1, 0.15) is 11.7 Å². The number of hydrogen-bond acceptors (Lipinski definition) is 4. The molecule has 1 aliphatic heterocycles. The summed E-state index contributed by atoms with van der Waals surface area (Å²) >= 11 is 0. The lowest BCUT2D eigenvalue weighted by atomic mass is 10.2. The third kappa shape index (κ3) is 2.87. The molecule has 0 spiro atoms. The van der Waals surface area contributed by atoms with Crippen LogP contribution in [0.3, 0.4) is 0 Å². The number of ether oxygens (including phenoxy) is 1. The van der Waals surface area contributed by atoms with Gasteiger partial charge in [-0.2, -0.15) is 10.4 Å². The molecule has 6 nitrogen and oxygen atoms in total. The van der Waals surface area contributed by atoms with E-state index in [9.17, 15) is 4.79 Å². The van der Waals surface area contributed by atoms with Gasteiger partial charge in [0.25, 0.3) is 0 Å². The summed E-state index contributed by atoms with van der Waals surface area (Å²) in [6.45, 7) is 8.46. The van der Waals surface area contributed by atoms with E-state index in [1.807, 2.05) is 33.8 Å². The van der Waals surface area contributed by atoms with E-state index >= 15 is 0 Å². The van der Waals surface area contributed by atoms with Gasteiger partial charge < -0.3 is 9.64 Å². The van der Waals surface area contributed by atoms with Crippen molar-refractivity contribution in [3.8, 4) is 6.07 Å². The predicted molar refractivity (Wildman–Crippen MR) is 68.3 cm³/mol. The Labute approximate surface area is 112 Å². The van der Waals surface area contributed by atoms with Crippen molar-refractivity contribution in [2.24, 2.45) is 0 Å². The minimum absolute atomic E-state index is 0.0402. The molecule has 19 heavy (non-hydrogen) atoms. The molecule has 0 unspecified atom stereocenters. The van der Waals surface area contributed by atoms with Gasteiger partial charge in [0.15, 0.2) is 5.69 Å². The lowest BCUT2D eigenvalue weighted by molar-refractivity contribution is 0.0166. The van der Waals surface area contributed by atoms with Crippen molar-refractivity contribution < 1.29 is 9.53 Å². The Kier molecular flexibility index (Phi) is 3.23. The van der Waals surface area contributed by atoms with Gasteiger partial charge in [0, 0.05) is 6.54 Å². The van der Waals surface area contributed by atoms with Gasteiger partial charge in [-0.25, -0.2) is 4.79 Å². The van der Waals surface area contributed by atoms with Crippen LogP contribution in [0.4, 0.5) is 4.79 Å². The number of amides is 1. The van der Waals surface area contributed by atoms with Crippen LogP contribution in [0.1, 0.15) is 45.1 Å². The Morgan fingerprint density at radius 3 is 2.84 bits per heavy atom. The van der Waals surface area contributed by atoms with Crippen molar-refractivity contribution in [2.75, 3.05) is 6.54 Å². The zero-order valence-electron chi connectivity index (χ0n) is 11.7. The van der Waals surface area contributed by atoms with E-state index in [0.717, 1.165) is 5.69 Å². The number of aromatic nitrogens is 2. The van der Waals surface area contributed by atoms with Gasteiger partial charge in [-0.15, -0.1) is 0 Å². The van der Waals surface area contributed by atoms with Crippen LogP contribution in [-0.4, -0.2) is 32.9 Å². The van der Waals surface area contributed by atoms with Gasteiger partial charge in [0.05, 0.1) is 18.3 Å². The van der Waals surface area contributed by atoms with Gasteiger partial charge >= 0.3 is 6.09 Å². The first-order chi connectivity index (χ1) is 8.80. The summed E-state index contributed by atoms with van der Waals surface area (Å²) in [5.74, 6) is 0. The highest BCUT2D eigenvalue weighted by molar-refractivity contribution is 5.68. The maximum Gasteiger partial charge on any atom is 0.410 e. The van der Waals surface area contributed by atoms with Crippen molar-refractivity contribution in [1.29, 1.82) is 5.26 Å². The van der Waals surface area contributed by atoms with Crippen molar-refractivity contribution in [1.82, 2.24) is 14.7 Å². The fraction of sp³-hybridized carbons (Fsp3) is 0.615. The van der Waals surface area contributed by atoms with Crippen LogP contribution in [0.2, 0.25) is 0 Å². The van der Waals surface area contributed by atoms with Gasteiger partial charge in [-0.05, 0) is 33.8 Å². The molecule has 1 aliphatic rings. The fourth-order valence-corrected chi connectivity index (χ4v) is 2.11. The molecule has 2 rings (SSSR count). The summed E-state index contributed by atoms with van der Waals surface area (Å²) in [4.78, 5) is 13.7. The third-order valence-corrected chi connectivity index (χ3v) is 2.83. The summed E-state index contributed by atoms with van der Waals surface area (Å²) in [7, 11) is 0. The minimum atomic E-state index is -0.504. The van der Waals surface area contributed by atoms with Gasteiger partial charge in [-0.3, -0.25) is 4.68 Å². The summed E-state index contributed by atoms with van der Waals surface area (Å²) in [5.41, 5.74) is 0.740. The molecular weight excluding hydrogens is 244 g/mol. The molecule has 0 radical (unpaired) electrons. The summed E-state index contributed by atoms with van der Waals surface area (Å²) in [6.07, 6.45) is -0.328. The van der Waals surface area contributed by atoms with Crippen LogP contribution in [0.5, 0.6) is 0 Å². The Balaban J connectivity index is 2.17. The molecule has 102 valence electrons. The second kappa shape index (κ2) is 4.57. The molecule has 0 N–H and O–H groups in total. The molecule has 0 saturated heterocycles.